The van der Waals surface area contributed by atoms with E-state index in [0.29, 0.717) is 5.75 Å². The molecule has 2 aliphatic rings. The van der Waals surface area contributed by atoms with Crippen molar-refractivity contribution in [1.29, 1.82) is 0 Å². The Labute approximate surface area is 199 Å². The lowest BCUT2D eigenvalue weighted by molar-refractivity contribution is -0.537. The zero-order valence-corrected chi connectivity index (χ0v) is 19.3. The number of halogens is 3. The first-order valence-corrected chi connectivity index (χ1v) is 11.8. The molecule has 0 spiro atoms. The highest BCUT2D eigenvalue weighted by Crippen LogP contribution is 2.35. The van der Waals surface area contributed by atoms with Crippen LogP contribution in [0.15, 0.2) is 59.0 Å². The highest BCUT2D eigenvalue weighted by Gasteiger charge is 2.48. The molecule has 0 saturated carbocycles. The summed E-state index contributed by atoms with van der Waals surface area (Å²) in [5.41, 5.74) is -2.65. The van der Waals surface area contributed by atoms with Crippen molar-refractivity contribution in [2.45, 2.75) is 55.0 Å². The fourth-order valence-electron chi connectivity index (χ4n) is 3.66. The zero-order valence-electron chi connectivity index (χ0n) is 18.5. The summed E-state index contributed by atoms with van der Waals surface area (Å²) in [6.45, 7) is 0.300. The van der Waals surface area contributed by atoms with E-state index in [4.69, 9.17) is 10.6 Å². The molecule has 3 rings (SSSR count). The van der Waals surface area contributed by atoms with E-state index in [1.54, 1.807) is 0 Å². The van der Waals surface area contributed by atoms with Crippen LogP contribution in [0.2, 0.25) is 0 Å². The minimum Gasteiger partial charge on any atom is -0.394 e. The summed E-state index contributed by atoms with van der Waals surface area (Å²) in [5, 5.41) is 34.5. The number of aryl methyl sites for hydroxylation is 1. The lowest BCUT2D eigenvalue weighted by Crippen LogP contribution is -2.87. The molecule has 1 aromatic carbocycles. The third-order valence-electron chi connectivity index (χ3n) is 5.84. The van der Waals surface area contributed by atoms with Gasteiger partial charge in [-0.25, -0.2) is 18.2 Å². The van der Waals surface area contributed by atoms with Crippen molar-refractivity contribution < 1.29 is 38.2 Å². The van der Waals surface area contributed by atoms with Crippen LogP contribution < -0.4 is 10.8 Å². The third kappa shape index (κ3) is 5.89. The van der Waals surface area contributed by atoms with Gasteiger partial charge in [0.15, 0.2) is 29.9 Å². The zero-order chi connectivity index (χ0) is 24.9. The van der Waals surface area contributed by atoms with Gasteiger partial charge in [-0.2, -0.15) is 5.10 Å². The van der Waals surface area contributed by atoms with Gasteiger partial charge < -0.3 is 25.9 Å². The van der Waals surface area contributed by atoms with Crippen molar-refractivity contribution in [3.05, 3.63) is 59.4 Å². The summed E-state index contributed by atoms with van der Waals surface area (Å²) in [5.74, 6) is 4.67. The van der Waals surface area contributed by atoms with Crippen LogP contribution in [-0.2, 0) is 11.2 Å². The Morgan fingerprint density at radius 2 is 2.00 bits per heavy atom. The number of benzene rings is 1. The summed E-state index contributed by atoms with van der Waals surface area (Å²) >= 11 is 1.33. The smallest absolute Gasteiger partial charge is 0.208 e. The Bertz CT molecular complexity index is 958. The number of aliphatic hydroxyl groups excluding tert-OH is 3. The van der Waals surface area contributed by atoms with Gasteiger partial charge >= 0.3 is 0 Å². The maximum atomic E-state index is 14.1. The van der Waals surface area contributed by atoms with Crippen molar-refractivity contribution in [2.75, 3.05) is 12.4 Å². The number of nitrogens with zero attached hydrogens (tertiary/aromatic N) is 1. The number of hydrazone groups is 1. The standard InChI is InChI=1S/C23H28F3N3O4S/c1-23(26)17(24)9-14(10-18(23)25)15(29-27)11-28-19-20(31)16(12-30)33-22(21(19)32)34-8-7-13-5-3-2-4-6-13/h2-6,9-11,16-17,19-22,30-32H,7-8,12,27H2,1H3/p+1/t16?,17?,19?,20-,21?,22+,23?/m0/s1. The van der Waals surface area contributed by atoms with E-state index < -0.39 is 54.1 Å². The van der Waals surface area contributed by atoms with Crippen LogP contribution in [0.3, 0.4) is 0 Å². The number of hydrogen-bond donors (Lipinski definition) is 5. The van der Waals surface area contributed by atoms with Crippen LogP contribution in [0, 0.1) is 0 Å². The molecule has 11 heteroatoms. The maximum absolute atomic E-state index is 14.1. The second-order valence-electron chi connectivity index (χ2n) is 8.26. The number of hydrogen-bond acceptors (Lipinski definition) is 7. The second-order valence-corrected chi connectivity index (χ2v) is 9.46. The Hall–Kier alpha value is -2.18. The predicted molar refractivity (Wildman–Crippen MR) is 124 cm³/mol. The Morgan fingerprint density at radius 1 is 1.29 bits per heavy atom. The summed E-state index contributed by atoms with van der Waals surface area (Å²) < 4.78 is 47.8. The number of allylic oxidation sites excluding steroid dienone is 4. The lowest BCUT2D eigenvalue weighted by atomic mass is 9.90. The number of thioether (sulfide) groups is 1. The summed E-state index contributed by atoms with van der Waals surface area (Å²) in [4.78, 5) is 2.77. The molecule has 1 aliphatic carbocycles. The first-order valence-electron chi connectivity index (χ1n) is 10.8. The molecule has 7 nitrogen and oxygen atoms in total. The molecular weight excluding hydrogens is 471 g/mol. The van der Waals surface area contributed by atoms with Gasteiger partial charge in [0.05, 0.1) is 6.61 Å². The van der Waals surface area contributed by atoms with E-state index >= 15 is 0 Å². The average Bonchev–Trinajstić information content (AvgIpc) is 2.82. The molecule has 0 bridgehead atoms. The van der Waals surface area contributed by atoms with Crippen molar-refractivity contribution in [3.8, 4) is 0 Å². The number of nitrogens with two attached hydrogens (primary N) is 1. The van der Waals surface area contributed by atoms with E-state index in [2.05, 4.69) is 10.1 Å². The molecule has 1 saturated heterocycles. The molecule has 0 amide bonds. The largest absolute Gasteiger partial charge is 0.394 e. The first kappa shape index (κ1) is 26.4. The topological polar surface area (TPSA) is 122 Å². The molecule has 6 N–H and O–H groups in total. The molecule has 7 atom stereocenters. The van der Waals surface area contributed by atoms with Crippen LogP contribution in [0.4, 0.5) is 13.2 Å². The van der Waals surface area contributed by atoms with E-state index in [9.17, 15) is 28.5 Å². The van der Waals surface area contributed by atoms with Gasteiger partial charge in [-0.15, -0.1) is 11.8 Å². The summed E-state index contributed by atoms with van der Waals surface area (Å²) in [7, 11) is 0. The Balaban J connectivity index is 1.73. The Morgan fingerprint density at radius 3 is 2.62 bits per heavy atom. The molecule has 1 aromatic rings. The van der Waals surface area contributed by atoms with Gasteiger partial charge in [0.2, 0.25) is 6.04 Å². The van der Waals surface area contributed by atoms with Crippen molar-refractivity contribution in [1.82, 2.24) is 0 Å². The van der Waals surface area contributed by atoms with Crippen molar-refractivity contribution in [2.24, 2.45) is 10.9 Å². The van der Waals surface area contributed by atoms with Crippen molar-refractivity contribution in [3.63, 3.8) is 0 Å². The average molecular weight is 501 g/mol. The number of aliphatic hydroxyl groups is 3. The molecular formula is C23H29F3N3O4S+. The monoisotopic (exact) mass is 500 g/mol. The minimum absolute atomic E-state index is 0.0985. The van der Waals surface area contributed by atoms with Gasteiger partial charge in [-0.05, 0) is 36.8 Å². The van der Waals surface area contributed by atoms with Gasteiger partial charge in [-0.1, -0.05) is 30.3 Å². The highest BCUT2D eigenvalue weighted by molar-refractivity contribution is 7.99. The second kappa shape index (κ2) is 11.5. The third-order valence-corrected chi connectivity index (χ3v) is 7.00. The predicted octanol–water partition coefficient (Wildman–Crippen LogP) is 0.0957. The molecule has 0 radical (unpaired) electrons. The van der Waals surface area contributed by atoms with Crippen LogP contribution in [0.5, 0.6) is 0 Å². The van der Waals surface area contributed by atoms with Crippen LogP contribution in [0.25, 0.3) is 0 Å². The SMILES string of the molecule is CC1(F)C(F)=CC(C(C=[NH+]C2C(O)[C@@H](SCCc3ccccc3)OC(CO)[C@@H]2O)=NN)=CC1F. The molecule has 34 heavy (non-hydrogen) atoms. The normalized spacial score (nSPS) is 34.7. The molecule has 5 unspecified atom stereocenters. The number of alkyl halides is 2. The van der Waals surface area contributed by atoms with Gasteiger partial charge in [0, 0.05) is 5.57 Å². The van der Waals surface area contributed by atoms with Crippen LogP contribution in [-0.4, -0.2) is 81.2 Å². The number of ether oxygens (including phenoxy) is 1. The van der Waals surface area contributed by atoms with E-state index in [0.717, 1.165) is 31.1 Å². The van der Waals surface area contributed by atoms with Crippen LogP contribution >= 0.6 is 11.8 Å². The fraction of sp³-hybridized carbons (Fsp3) is 0.478. The van der Waals surface area contributed by atoms with Gasteiger partial charge in [0.25, 0.3) is 0 Å². The lowest BCUT2D eigenvalue weighted by Gasteiger charge is -2.37. The number of nitrogens with one attached hydrogen (secondary N) is 1. The van der Waals surface area contributed by atoms with E-state index in [-0.39, 0.29) is 11.3 Å². The molecule has 1 fully saturated rings. The maximum Gasteiger partial charge on any atom is 0.208 e. The number of rotatable bonds is 8. The summed E-state index contributed by atoms with van der Waals surface area (Å²) in [6, 6.07) is 8.73. The molecule has 186 valence electrons. The fourth-order valence-corrected chi connectivity index (χ4v) is 4.83. The summed E-state index contributed by atoms with van der Waals surface area (Å²) in [6.07, 6.45) is -2.20. The van der Waals surface area contributed by atoms with Gasteiger partial charge in [-0.3, -0.25) is 0 Å². The molecule has 0 aromatic heterocycles. The van der Waals surface area contributed by atoms with Crippen LogP contribution in [0.1, 0.15) is 12.5 Å². The molecule has 1 heterocycles. The molecule has 1 aliphatic heterocycles. The first-order chi connectivity index (χ1) is 16.2. The van der Waals surface area contributed by atoms with Crippen molar-refractivity contribution >= 4 is 23.7 Å². The van der Waals surface area contributed by atoms with Gasteiger partial charge in [0.1, 0.15) is 23.5 Å². The van der Waals surface area contributed by atoms with E-state index in [1.807, 2.05) is 30.3 Å². The minimum atomic E-state index is -2.79. The quantitative estimate of drug-likeness (QED) is 0.196. The Kier molecular flexibility index (Phi) is 8.94. The van der Waals surface area contributed by atoms with E-state index in [1.165, 1.54) is 18.0 Å². The highest BCUT2D eigenvalue weighted by atomic mass is 32.2.